The molecule has 1 aromatic carbocycles. The van der Waals surface area contributed by atoms with Crippen molar-refractivity contribution in [2.24, 2.45) is 11.8 Å². The van der Waals surface area contributed by atoms with Gasteiger partial charge in [-0.1, -0.05) is 37.3 Å². The second kappa shape index (κ2) is 9.06. The lowest BCUT2D eigenvalue weighted by Crippen LogP contribution is -2.43. The van der Waals surface area contributed by atoms with Crippen molar-refractivity contribution < 1.29 is 22.1 Å². The van der Waals surface area contributed by atoms with Crippen LogP contribution in [0.15, 0.2) is 30.3 Å². The third-order valence-corrected chi connectivity index (χ3v) is 5.87. The number of hydrogen-bond acceptors (Lipinski definition) is 5. The van der Waals surface area contributed by atoms with Crippen LogP contribution in [0, 0.1) is 11.8 Å². The maximum atomic E-state index is 12.2. The first kappa shape index (κ1) is 21.7. The van der Waals surface area contributed by atoms with E-state index >= 15 is 0 Å². The van der Waals surface area contributed by atoms with Crippen molar-refractivity contribution in [3.05, 3.63) is 35.9 Å². The average Bonchev–Trinajstić information content (AvgIpc) is 2.59. The minimum Gasteiger partial charge on any atom is -0.444 e. The first-order chi connectivity index (χ1) is 12.6. The highest BCUT2D eigenvalue weighted by Crippen LogP contribution is 2.26. The monoisotopic (exact) mass is 397 g/mol. The molecule has 0 radical (unpaired) electrons. The molecular weight excluding hydrogens is 366 g/mol. The molecule has 6 nitrogen and oxygen atoms in total. The number of amides is 1. The van der Waals surface area contributed by atoms with Crippen LogP contribution in [0.5, 0.6) is 0 Å². The summed E-state index contributed by atoms with van der Waals surface area (Å²) < 4.78 is 35.0. The molecule has 1 aliphatic rings. The van der Waals surface area contributed by atoms with Gasteiger partial charge in [0.15, 0.2) is 0 Å². The Morgan fingerprint density at radius 2 is 1.78 bits per heavy atom. The normalized spacial score (nSPS) is 17.6. The molecular formula is C20H31NO5S. The molecule has 0 N–H and O–H groups in total. The molecule has 1 heterocycles. The Morgan fingerprint density at radius 1 is 1.19 bits per heavy atom. The zero-order valence-corrected chi connectivity index (χ0v) is 17.5. The summed E-state index contributed by atoms with van der Waals surface area (Å²) in [7, 11) is -3.60. The Labute approximate surface area is 163 Å². The quantitative estimate of drug-likeness (QED) is 0.683. The van der Waals surface area contributed by atoms with Gasteiger partial charge in [0, 0.05) is 13.1 Å². The first-order valence-corrected chi connectivity index (χ1v) is 11.0. The van der Waals surface area contributed by atoms with E-state index in [1.54, 1.807) is 17.0 Å². The maximum Gasteiger partial charge on any atom is 0.410 e. The van der Waals surface area contributed by atoms with Crippen molar-refractivity contribution in [2.75, 3.05) is 19.7 Å². The molecule has 0 saturated carbocycles. The summed E-state index contributed by atoms with van der Waals surface area (Å²) in [6, 6.07) is 9.02. The van der Waals surface area contributed by atoms with E-state index < -0.39 is 15.7 Å². The number of rotatable bonds is 6. The van der Waals surface area contributed by atoms with E-state index in [0.29, 0.717) is 19.0 Å². The second-order valence-electron chi connectivity index (χ2n) is 8.25. The van der Waals surface area contributed by atoms with E-state index in [2.05, 4.69) is 0 Å². The number of hydrogen-bond donors (Lipinski definition) is 0. The van der Waals surface area contributed by atoms with E-state index in [0.717, 1.165) is 18.4 Å². The van der Waals surface area contributed by atoms with Gasteiger partial charge in [-0.2, -0.15) is 8.42 Å². The zero-order valence-electron chi connectivity index (χ0n) is 16.7. The topological polar surface area (TPSA) is 72.9 Å². The Kier molecular flexibility index (Phi) is 7.28. The summed E-state index contributed by atoms with van der Waals surface area (Å²) in [4.78, 5) is 13.8. The van der Waals surface area contributed by atoms with Gasteiger partial charge in [-0.15, -0.1) is 0 Å². The van der Waals surface area contributed by atoms with Crippen LogP contribution >= 0.6 is 0 Å². The molecule has 2 rings (SSSR count). The summed E-state index contributed by atoms with van der Waals surface area (Å²) in [5.41, 5.74) is 0.221. The molecule has 0 bridgehead atoms. The molecule has 0 aromatic heterocycles. The van der Waals surface area contributed by atoms with E-state index in [1.165, 1.54) is 0 Å². The van der Waals surface area contributed by atoms with E-state index in [9.17, 15) is 13.2 Å². The average molecular weight is 398 g/mol. The van der Waals surface area contributed by atoms with Crippen LogP contribution in [0.2, 0.25) is 0 Å². The van der Waals surface area contributed by atoms with Crippen molar-refractivity contribution in [2.45, 2.75) is 51.9 Å². The number of piperidine rings is 1. The van der Waals surface area contributed by atoms with Gasteiger partial charge in [-0.25, -0.2) is 4.79 Å². The lowest BCUT2D eigenvalue weighted by atomic mass is 9.86. The fraction of sp³-hybridized carbons (Fsp3) is 0.650. The highest BCUT2D eigenvalue weighted by molar-refractivity contribution is 7.85. The lowest BCUT2D eigenvalue weighted by Gasteiger charge is -2.35. The molecule has 27 heavy (non-hydrogen) atoms. The molecule has 0 spiro atoms. The summed E-state index contributed by atoms with van der Waals surface area (Å²) in [5, 5.41) is 0. The molecule has 1 aromatic rings. The molecule has 1 fully saturated rings. The number of carbonyl (C=O) groups is 1. The van der Waals surface area contributed by atoms with Gasteiger partial charge < -0.3 is 9.64 Å². The number of nitrogens with zero attached hydrogens (tertiary/aromatic N) is 1. The van der Waals surface area contributed by atoms with Crippen molar-refractivity contribution in [3.8, 4) is 0 Å². The Bertz CT molecular complexity index is 704. The Morgan fingerprint density at radius 3 is 2.33 bits per heavy atom. The SMILES string of the molecule is CC(COS(=O)(=O)Cc1ccccc1)C1CCN(C(=O)OC(C)(C)C)CC1. The minimum absolute atomic E-state index is 0.108. The van der Waals surface area contributed by atoms with E-state index in [-0.39, 0.29) is 24.4 Å². The molecule has 1 atom stereocenters. The predicted molar refractivity (Wildman–Crippen MR) is 105 cm³/mol. The van der Waals surface area contributed by atoms with Crippen molar-refractivity contribution in [3.63, 3.8) is 0 Å². The van der Waals surface area contributed by atoms with Crippen LogP contribution in [-0.4, -0.2) is 44.7 Å². The van der Waals surface area contributed by atoms with Gasteiger partial charge in [-0.3, -0.25) is 4.18 Å². The fourth-order valence-corrected chi connectivity index (χ4v) is 4.25. The van der Waals surface area contributed by atoms with Gasteiger partial charge in [0.25, 0.3) is 10.1 Å². The summed E-state index contributed by atoms with van der Waals surface area (Å²) >= 11 is 0. The van der Waals surface area contributed by atoms with Crippen molar-refractivity contribution in [1.82, 2.24) is 4.90 Å². The van der Waals surface area contributed by atoms with Gasteiger partial charge in [-0.05, 0) is 51.0 Å². The highest BCUT2D eigenvalue weighted by Gasteiger charge is 2.29. The largest absolute Gasteiger partial charge is 0.444 e. The van der Waals surface area contributed by atoms with Crippen LogP contribution in [0.3, 0.4) is 0 Å². The highest BCUT2D eigenvalue weighted by atomic mass is 32.2. The van der Waals surface area contributed by atoms with Gasteiger partial charge in [0.2, 0.25) is 0 Å². The third-order valence-electron chi connectivity index (χ3n) is 4.69. The van der Waals surface area contributed by atoms with Crippen molar-refractivity contribution in [1.29, 1.82) is 0 Å². The van der Waals surface area contributed by atoms with Crippen LogP contribution in [0.1, 0.15) is 46.1 Å². The molecule has 1 saturated heterocycles. The standard InChI is InChI=1S/C20H31NO5S/c1-16(14-25-27(23,24)15-17-8-6-5-7-9-17)18-10-12-21(13-11-18)19(22)26-20(2,3)4/h5-9,16,18H,10-15H2,1-4H3. The molecule has 7 heteroatoms. The minimum atomic E-state index is -3.60. The summed E-state index contributed by atoms with van der Waals surface area (Å²) in [5.74, 6) is 0.324. The molecule has 0 aliphatic carbocycles. The van der Waals surface area contributed by atoms with Crippen LogP contribution < -0.4 is 0 Å². The predicted octanol–water partition coefficient (Wildman–Crippen LogP) is 3.82. The maximum absolute atomic E-state index is 12.2. The number of likely N-dealkylation sites (tertiary alicyclic amines) is 1. The molecule has 1 amide bonds. The van der Waals surface area contributed by atoms with Crippen LogP contribution in [0.4, 0.5) is 4.79 Å². The summed E-state index contributed by atoms with van der Waals surface area (Å²) in [6.07, 6.45) is 1.36. The summed E-state index contributed by atoms with van der Waals surface area (Å²) in [6.45, 7) is 8.99. The van der Waals surface area contributed by atoms with Gasteiger partial charge in [0.1, 0.15) is 11.4 Å². The first-order valence-electron chi connectivity index (χ1n) is 9.45. The number of ether oxygens (including phenoxy) is 1. The van der Waals surface area contributed by atoms with Gasteiger partial charge >= 0.3 is 6.09 Å². The van der Waals surface area contributed by atoms with Crippen molar-refractivity contribution >= 4 is 16.2 Å². The van der Waals surface area contributed by atoms with Crippen LogP contribution in [0.25, 0.3) is 0 Å². The Hall–Kier alpha value is -1.60. The smallest absolute Gasteiger partial charge is 0.410 e. The Balaban J connectivity index is 1.77. The van der Waals surface area contributed by atoms with Gasteiger partial charge in [0.05, 0.1) is 6.61 Å². The second-order valence-corrected chi connectivity index (χ2v) is 9.89. The van der Waals surface area contributed by atoms with E-state index in [1.807, 2.05) is 45.9 Å². The number of carbonyl (C=O) groups excluding carboxylic acids is 1. The number of benzene rings is 1. The van der Waals surface area contributed by atoms with Crippen LogP contribution in [-0.2, 0) is 24.8 Å². The lowest BCUT2D eigenvalue weighted by molar-refractivity contribution is 0.0152. The third kappa shape index (κ3) is 7.50. The fourth-order valence-electron chi connectivity index (χ4n) is 3.14. The van der Waals surface area contributed by atoms with E-state index in [4.69, 9.17) is 8.92 Å². The molecule has 152 valence electrons. The molecule has 1 aliphatic heterocycles. The molecule has 1 unspecified atom stereocenters. The zero-order chi connectivity index (χ0) is 20.1.